The average molecular weight is 917 g/mol. The first-order valence-corrected chi connectivity index (χ1v) is 19.7. The molecule has 30 heteroatoms. The summed E-state index contributed by atoms with van der Waals surface area (Å²) >= 11 is 0. The summed E-state index contributed by atoms with van der Waals surface area (Å²) in [5.74, 6) is -6.59. The van der Waals surface area contributed by atoms with Crippen molar-refractivity contribution in [1.82, 2.24) is 10.6 Å². The van der Waals surface area contributed by atoms with Crippen molar-refractivity contribution in [3.63, 3.8) is 0 Å². The third-order valence-corrected chi connectivity index (χ3v) is 10.6. The standard InChI is InChI=1S/C31H52N2O27S/c1-8(35)32-15-10(37)3-31(30(48)49,60-26(15)17(39)11(38)4-34)54-6-13-19(41)22(44)24(46)29(57-13)59-25-14(7-55-61(50,51)52)58-28(16(20(25)42)33-9(2)36)53-5-12-18(40)21(43)23(45)27(47)56-12/h10-29,34,37-47H,3-7H2,1-2H3,(H,32,35)(H,33,36)(H,48,49)(H,50,51,52)/t10-,11+,12+,13+,14+,15+,16+,17+,18-,19-,20+,21-,22-,23+,24+,25+,26+,27?,28+,29-,31+/m0/s1. The Hall–Kier alpha value is -2.48. The summed E-state index contributed by atoms with van der Waals surface area (Å²) < 4.78 is 75.3. The summed E-state index contributed by atoms with van der Waals surface area (Å²) in [6, 6.07) is -3.31. The van der Waals surface area contributed by atoms with Crippen LogP contribution in [0.1, 0.15) is 20.3 Å². The van der Waals surface area contributed by atoms with Crippen LogP contribution in [0.25, 0.3) is 0 Å². The highest BCUT2D eigenvalue weighted by molar-refractivity contribution is 7.80. The maximum absolute atomic E-state index is 12.6. The fourth-order valence-corrected chi connectivity index (χ4v) is 7.29. The van der Waals surface area contributed by atoms with E-state index in [1.165, 1.54) is 0 Å². The van der Waals surface area contributed by atoms with Gasteiger partial charge in [-0.3, -0.25) is 14.1 Å². The summed E-state index contributed by atoms with van der Waals surface area (Å²) in [6.45, 7) is -2.26. The summed E-state index contributed by atoms with van der Waals surface area (Å²) in [5, 5.41) is 140. The first-order valence-electron chi connectivity index (χ1n) is 18.4. The summed E-state index contributed by atoms with van der Waals surface area (Å²) in [4.78, 5) is 36.7. The molecule has 0 radical (unpaired) electrons. The van der Waals surface area contributed by atoms with Gasteiger partial charge in [-0.1, -0.05) is 0 Å². The number of hydrogen-bond acceptors (Lipinski definition) is 25. The molecule has 4 aliphatic rings. The Morgan fingerprint density at radius 2 is 1.30 bits per heavy atom. The van der Waals surface area contributed by atoms with Crippen LogP contribution in [-0.2, 0) is 62.1 Å². The van der Waals surface area contributed by atoms with Gasteiger partial charge in [0.2, 0.25) is 11.8 Å². The number of carbonyl (C=O) groups excluding carboxylic acids is 2. The molecule has 0 aromatic carbocycles. The Labute approximate surface area is 344 Å². The number of rotatable bonds is 17. The maximum atomic E-state index is 12.6. The van der Waals surface area contributed by atoms with Crippen molar-refractivity contribution in [1.29, 1.82) is 0 Å². The molecule has 21 atom stereocenters. The van der Waals surface area contributed by atoms with Gasteiger partial charge < -0.3 is 110 Å². The number of hydrogen-bond donors (Lipinski definition) is 16. The summed E-state index contributed by atoms with van der Waals surface area (Å²) in [7, 11) is -5.27. The van der Waals surface area contributed by atoms with Crippen LogP contribution >= 0.6 is 0 Å². The second-order valence-electron chi connectivity index (χ2n) is 14.6. The maximum Gasteiger partial charge on any atom is 0.397 e. The molecule has 29 nitrogen and oxygen atoms in total. The second kappa shape index (κ2) is 21.0. The molecule has 1 unspecified atom stereocenters. The van der Waals surface area contributed by atoms with Gasteiger partial charge in [0.1, 0.15) is 91.5 Å². The molecule has 0 bridgehead atoms. The third-order valence-electron chi connectivity index (χ3n) is 10.2. The van der Waals surface area contributed by atoms with Gasteiger partial charge in [-0.05, 0) is 0 Å². The molecule has 4 saturated heterocycles. The van der Waals surface area contributed by atoms with Crippen LogP contribution in [-0.4, -0.2) is 252 Å². The number of carbonyl (C=O) groups is 3. The molecule has 4 rings (SSSR count). The number of carboxylic acid groups (broad SMARTS) is 1. The van der Waals surface area contributed by atoms with E-state index in [9.17, 15) is 93.7 Å². The van der Waals surface area contributed by atoms with E-state index in [0.717, 1.165) is 13.8 Å². The Bertz CT molecular complexity index is 1600. The van der Waals surface area contributed by atoms with Crippen LogP contribution in [0.5, 0.6) is 0 Å². The predicted octanol–water partition coefficient (Wildman–Crippen LogP) is -10.4. The molecule has 61 heavy (non-hydrogen) atoms. The van der Waals surface area contributed by atoms with Gasteiger partial charge in [0.05, 0.1) is 38.6 Å². The van der Waals surface area contributed by atoms with Crippen LogP contribution in [0.2, 0.25) is 0 Å². The SMILES string of the molecule is CC(=O)N[C@H]1[C@H](OC[C@H]2OC(O)[C@H](O)[C@@H](O)[C@H]2O)O[C@H](COS(=O)(=O)O)[C@@H](O[C@@H]2O[C@H](CO[C@]3(C(=O)O)C[C@H](O)[C@@H](NC(C)=O)[C@H]([C@H](O)[C@H](O)CO)O3)[C@H](O)[C@H](O)[C@H]2O)[C@@H]1O. The molecule has 354 valence electrons. The first kappa shape index (κ1) is 51.2. The fourth-order valence-electron chi connectivity index (χ4n) is 6.98. The highest BCUT2D eigenvalue weighted by Crippen LogP contribution is 2.36. The van der Waals surface area contributed by atoms with Crippen molar-refractivity contribution in [3.05, 3.63) is 0 Å². The highest BCUT2D eigenvalue weighted by atomic mass is 32.3. The van der Waals surface area contributed by atoms with Gasteiger partial charge in [-0.15, -0.1) is 0 Å². The average Bonchev–Trinajstić information content (AvgIpc) is 3.18. The van der Waals surface area contributed by atoms with E-state index < -0.39 is 189 Å². The Morgan fingerprint density at radius 1 is 0.738 bits per heavy atom. The smallest absolute Gasteiger partial charge is 0.397 e. The normalized spacial score (nSPS) is 43.2. The number of aliphatic hydroxyl groups is 12. The number of carboxylic acids is 1. The number of aliphatic hydroxyl groups excluding tert-OH is 12. The van der Waals surface area contributed by atoms with Gasteiger partial charge in [-0.25, -0.2) is 8.98 Å². The zero-order valence-corrected chi connectivity index (χ0v) is 32.9. The zero-order valence-electron chi connectivity index (χ0n) is 32.1. The number of nitrogens with one attached hydrogen (secondary N) is 2. The van der Waals surface area contributed by atoms with E-state index in [-0.39, 0.29) is 0 Å². The molecular weight excluding hydrogens is 864 g/mol. The lowest BCUT2D eigenvalue weighted by Gasteiger charge is -2.48. The molecule has 0 aliphatic carbocycles. The lowest BCUT2D eigenvalue weighted by atomic mass is 9.88. The molecule has 0 aromatic heterocycles. The minimum absolute atomic E-state index is 0.784. The quantitative estimate of drug-likeness (QED) is 0.0602. The lowest BCUT2D eigenvalue weighted by Crippen LogP contribution is -2.69. The van der Waals surface area contributed by atoms with Crippen molar-refractivity contribution in [3.8, 4) is 0 Å². The van der Waals surface area contributed by atoms with Crippen molar-refractivity contribution < 1.29 is 131 Å². The van der Waals surface area contributed by atoms with Crippen LogP contribution in [0.4, 0.5) is 0 Å². The van der Waals surface area contributed by atoms with Crippen LogP contribution < -0.4 is 10.6 Å². The number of aliphatic carboxylic acids is 1. The van der Waals surface area contributed by atoms with Gasteiger partial charge >= 0.3 is 16.4 Å². The molecule has 2 amide bonds. The van der Waals surface area contributed by atoms with Crippen LogP contribution in [0.3, 0.4) is 0 Å². The molecule has 0 saturated carbocycles. The van der Waals surface area contributed by atoms with Crippen molar-refractivity contribution in [2.75, 3.05) is 26.4 Å². The van der Waals surface area contributed by atoms with Gasteiger partial charge in [0.15, 0.2) is 18.9 Å². The Kier molecular flexibility index (Phi) is 17.6. The van der Waals surface area contributed by atoms with Gasteiger partial charge in [0.25, 0.3) is 5.79 Å². The summed E-state index contributed by atoms with van der Waals surface area (Å²) in [5.41, 5.74) is 0. The van der Waals surface area contributed by atoms with Crippen LogP contribution in [0, 0.1) is 0 Å². The molecule has 16 N–H and O–H groups in total. The van der Waals surface area contributed by atoms with E-state index in [0.29, 0.717) is 0 Å². The van der Waals surface area contributed by atoms with E-state index in [4.69, 9.17) is 33.2 Å². The molecular formula is C31H52N2O27S. The largest absolute Gasteiger partial charge is 0.477 e. The Balaban J connectivity index is 1.58. The molecule has 4 fully saturated rings. The minimum Gasteiger partial charge on any atom is -0.477 e. The van der Waals surface area contributed by atoms with E-state index in [1.54, 1.807) is 0 Å². The van der Waals surface area contributed by atoms with Crippen LogP contribution in [0.15, 0.2) is 0 Å². The minimum atomic E-state index is -5.27. The van der Waals surface area contributed by atoms with Gasteiger partial charge in [0, 0.05) is 20.3 Å². The third kappa shape index (κ3) is 12.2. The van der Waals surface area contributed by atoms with Crippen molar-refractivity contribution in [2.45, 2.75) is 149 Å². The highest BCUT2D eigenvalue weighted by Gasteiger charge is 2.58. The topological polar surface area (TPSA) is 466 Å². The second-order valence-corrected chi connectivity index (χ2v) is 15.7. The Morgan fingerprint density at radius 3 is 1.85 bits per heavy atom. The number of ether oxygens (including phenoxy) is 7. The van der Waals surface area contributed by atoms with Crippen molar-refractivity contribution in [2.24, 2.45) is 0 Å². The molecule has 0 aromatic rings. The molecule has 0 spiro atoms. The lowest BCUT2D eigenvalue weighted by molar-refractivity contribution is -0.361. The number of amides is 2. The monoisotopic (exact) mass is 916 g/mol. The van der Waals surface area contributed by atoms with E-state index in [1.807, 2.05) is 0 Å². The first-order chi connectivity index (χ1) is 28.3. The summed E-state index contributed by atoms with van der Waals surface area (Å²) in [6.07, 6.45) is -37.1. The van der Waals surface area contributed by atoms with Crippen molar-refractivity contribution >= 4 is 28.2 Å². The zero-order chi connectivity index (χ0) is 45.9. The van der Waals surface area contributed by atoms with E-state index >= 15 is 0 Å². The molecule has 4 aliphatic heterocycles. The van der Waals surface area contributed by atoms with Gasteiger partial charge in [-0.2, -0.15) is 8.42 Å². The molecule has 4 heterocycles. The van der Waals surface area contributed by atoms with E-state index in [2.05, 4.69) is 14.8 Å². The fraction of sp³-hybridized carbons (Fsp3) is 0.903. The predicted molar refractivity (Wildman–Crippen MR) is 185 cm³/mol.